The molecule has 0 fully saturated rings. The number of furan rings is 1. The lowest BCUT2D eigenvalue weighted by Gasteiger charge is -2.23. The highest BCUT2D eigenvalue weighted by Crippen LogP contribution is 2.46. The van der Waals surface area contributed by atoms with Crippen molar-refractivity contribution in [3.05, 3.63) is 200 Å². The number of hydrogen-bond donors (Lipinski definition) is 0. The van der Waals surface area contributed by atoms with Crippen molar-refractivity contribution in [2.45, 2.75) is 0 Å². The molecule has 4 nitrogen and oxygen atoms in total. The fourth-order valence-electron chi connectivity index (χ4n) is 7.65. The van der Waals surface area contributed by atoms with Crippen LogP contribution in [0.15, 0.2) is 205 Å². The minimum absolute atomic E-state index is 0.769. The van der Waals surface area contributed by atoms with E-state index in [0.717, 1.165) is 50.7 Å². The van der Waals surface area contributed by atoms with Crippen molar-refractivity contribution in [1.29, 1.82) is 0 Å². The lowest BCUT2D eigenvalue weighted by Crippen LogP contribution is -2.08. The molecule has 10 rings (SSSR count). The van der Waals surface area contributed by atoms with Gasteiger partial charge in [-0.15, -0.1) is 0 Å². The average Bonchev–Trinajstić information content (AvgIpc) is 3.68. The van der Waals surface area contributed by atoms with E-state index < -0.39 is 0 Å². The highest BCUT2D eigenvalue weighted by Gasteiger charge is 2.20. The molecule has 0 spiro atoms. The number of fused-ring (bicyclic) bond motifs is 3. The second-order valence-electron chi connectivity index (χ2n) is 13.4. The molecule has 0 aliphatic carbocycles. The Hall–Kier alpha value is -7.30. The lowest BCUT2D eigenvalue weighted by atomic mass is 9.85. The van der Waals surface area contributed by atoms with Gasteiger partial charge in [0.25, 0.3) is 0 Å². The van der Waals surface area contributed by atoms with Gasteiger partial charge in [-0.25, -0.2) is 0 Å². The van der Waals surface area contributed by atoms with Crippen molar-refractivity contribution >= 4 is 49.8 Å². The van der Waals surface area contributed by atoms with E-state index >= 15 is 0 Å². The number of rotatable bonds is 7. The maximum atomic E-state index is 6.43. The molecule has 0 N–H and O–H groups in total. The van der Waals surface area contributed by atoms with Crippen LogP contribution in [0.2, 0.25) is 0 Å². The number of hydrogen-bond acceptors (Lipinski definition) is 4. The maximum Gasteiger partial charge on any atom is 0.205 e. The fraction of sp³-hybridized carbons (Fsp3) is 0. The third-order valence-corrected chi connectivity index (χ3v) is 10.2. The molecule has 254 valence electrons. The van der Waals surface area contributed by atoms with Gasteiger partial charge < -0.3 is 4.42 Å². The van der Waals surface area contributed by atoms with Crippen LogP contribution >= 0.6 is 0 Å². The van der Waals surface area contributed by atoms with Crippen molar-refractivity contribution in [2.24, 2.45) is 0 Å². The average molecular weight is 692 g/mol. The molecule has 3 heterocycles. The normalized spacial score (nSPS) is 11.3. The van der Waals surface area contributed by atoms with E-state index in [0.29, 0.717) is 0 Å². The van der Waals surface area contributed by atoms with Crippen LogP contribution in [0.5, 0.6) is 0 Å². The number of nitrogens with zero attached hydrogens (tertiary/aromatic N) is 3. The number of anilines is 3. The Morgan fingerprint density at radius 3 is 1.72 bits per heavy atom. The summed E-state index contributed by atoms with van der Waals surface area (Å²) in [5, 5.41) is 5.79. The Morgan fingerprint density at radius 1 is 0.389 bits per heavy atom. The highest BCUT2D eigenvalue weighted by atomic mass is 16.4. The Kier molecular flexibility index (Phi) is 7.77. The van der Waals surface area contributed by atoms with Gasteiger partial charge in [0.1, 0.15) is 5.58 Å². The molecular formula is C50H33N3O. The van der Waals surface area contributed by atoms with Gasteiger partial charge in [-0.2, -0.15) is 0 Å². The second-order valence-corrected chi connectivity index (χ2v) is 13.4. The van der Waals surface area contributed by atoms with Gasteiger partial charge in [0.2, 0.25) is 5.88 Å². The van der Waals surface area contributed by atoms with Crippen molar-refractivity contribution in [3.63, 3.8) is 0 Å². The van der Waals surface area contributed by atoms with Crippen molar-refractivity contribution < 1.29 is 4.42 Å². The Balaban J connectivity index is 1.17. The van der Waals surface area contributed by atoms with E-state index in [1.165, 1.54) is 43.8 Å². The van der Waals surface area contributed by atoms with Crippen molar-refractivity contribution in [1.82, 2.24) is 9.97 Å². The summed E-state index contributed by atoms with van der Waals surface area (Å²) >= 11 is 0. The zero-order valence-electron chi connectivity index (χ0n) is 29.3. The van der Waals surface area contributed by atoms with E-state index in [9.17, 15) is 0 Å². The Bertz CT molecular complexity index is 2870. The molecule has 4 heteroatoms. The van der Waals surface area contributed by atoms with E-state index in [4.69, 9.17) is 9.40 Å². The summed E-state index contributed by atoms with van der Waals surface area (Å²) < 4.78 is 6.43. The maximum absolute atomic E-state index is 6.43. The zero-order chi connectivity index (χ0) is 35.8. The third kappa shape index (κ3) is 5.58. The summed E-state index contributed by atoms with van der Waals surface area (Å²) in [6.45, 7) is 0. The standard InChI is InChI=1S/C50H33N3O/c1-3-13-34(14-4-1)36-24-28-43-44(31-36)49(41-18-8-9-19-42(41)50(43)38-25-29-46(52-33-38)45-20-11-12-30-51-45)35-22-26-40(27-23-35)53(39-16-5-2-6-17-39)48-32-37-15-7-10-21-47(37)54-48/h1-33H. The van der Waals surface area contributed by atoms with Crippen LogP contribution in [-0.4, -0.2) is 9.97 Å². The molecule has 0 amide bonds. The van der Waals surface area contributed by atoms with Crippen LogP contribution in [0.1, 0.15) is 0 Å². The SMILES string of the molecule is c1ccc(-c2ccc3c(-c4ccc(-c5ccccn5)nc4)c4ccccc4c(-c4ccc(N(c5ccccc5)c5cc6ccccc6o5)cc4)c3c2)cc1. The monoisotopic (exact) mass is 691 g/mol. The zero-order valence-corrected chi connectivity index (χ0v) is 29.3. The lowest BCUT2D eigenvalue weighted by molar-refractivity contribution is 0.621. The smallest absolute Gasteiger partial charge is 0.205 e. The van der Waals surface area contributed by atoms with Crippen LogP contribution in [0.3, 0.4) is 0 Å². The minimum atomic E-state index is 0.769. The van der Waals surface area contributed by atoms with E-state index in [1.54, 1.807) is 6.20 Å². The quantitative estimate of drug-likeness (QED) is 0.156. The number of aromatic nitrogens is 2. The molecule has 0 bridgehead atoms. The number of pyridine rings is 2. The molecule has 0 aliphatic heterocycles. The predicted molar refractivity (Wildman–Crippen MR) is 223 cm³/mol. The molecule has 10 aromatic rings. The molecule has 54 heavy (non-hydrogen) atoms. The molecule has 0 aliphatic rings. The molecule has 0 unspecified atom stereocenters. The van der Waals surface area contributed by atoms with Crippen molar-refractivity contribution in [3.8, 4) is 44.8 Å². The van der Waals surface area contributed by atoms with Gasteiger partial charge in [0.15, 0.2) is 0 Å². The van der Waals surface area contributed by atoms with Crippen LogP contribution in [0.25, 0.3) is 77.3 Å². The first-order valence-corrected chi connectivity index (χ1v) is 18.1. The summed E-state index contributed by atoms with van der Waals surface area (Å²) in [7, 11) is 0. The Morgan fingerprint density at radius 2 is 1.00 bits per heavy atom. The first-order chi connectivity index (χ1) is 26.8. The van der Waals surface area contributed by atoms with Gasteiger partial charge in [-0.1, -0.05) is 127 Å². The Labute approximate surface area is 313 Å². The highest BCUT2D eigenvalue weighted by molar-refractivity contribution is 6.22. The summed E-state index contributed by atoms with van der Waals surface area (Å²) in [5.74, 6) is 0.769. The topological polar surface area (TPSA) is 42.2 Å². The van der Waals surface area contributed by atoms with Crippen LogP contribution in [-0.2, 0) is 0 Å². The first-order valence-electron chi connectivity index (χ1n) is 18.1. The first kappa shape index (κ1) is 31.4. The minimum Gasteiger partial charge on any atom is -0.440 e. The fourth-order valence-corrected chi connectivity index (χ4v) is 7.65. The summed E-state index contributed by atoms with van der Waals surface area (Å²) in [6.07, 6.45) is 3.79. The van der Waals surface area contributed by atoms with Crippen molar-refractivity contribution in [2.75, 3.05) is 4.90 Å². The summed E-state index contributed by atoms with van der Waals surface area (Å²) in [6, 6.07) is 65.9. The van der Waals surface area contributed by atoms with E-state index in [-0.39, 0.29) is 0 Å². The largest absolute Gasteiger partial charge is 0.440 e. The van der Waals surface area contributed by atoms with Gasteiger partial charge in [0, 0.05) is 40.8 Å². The predicted octanol–water partition coefficient (Wildman–Crippen LogP) is 13.7. The van der Waals surface area contributed by atoms with Crippen LogP contribution in [0.4, 0.5) is 17.3 Å². The molecule has 0 radical (unpaired) electrons. The van der Waals surface area contributed by atoms with E-state index in [1.807, 2.05) is 48.7 Å². The van der Waals surface area contributed by atoms with Crippen LogP contribution < -0.4 is 4.90 Å². The molecule has 0 saturated carbocycles. The van der Waals surface area contributed by atoms with E-state index in [2.05, 4.69) is 155 Å². The summed E-state index contributed by atoms with van der Waals surface area (Å²) in [5.41, 5.74) is 11.5. The summed E-state index contributed by atoms with van der Waals surface area (Å²) in [4.78, 5) is 11.6. The molecule has 0 atom stereocenters. The second kappa shape index (κ2) is 13.4. The molecule has 7 aromatic carbocycles. The van der Waals surface area contributed by atoms with Crippen LogP contribution in [0, 0.1) is 0 Å². The molecular weight excluding hydrogens is 659 g/mol. The molecule has 3 aromatic heterocycles. The van der Waals surface area contributed by atoms with Gasteiger partial charge >= 0.3 is 0 Å². The van der Waals surface area contributed by atoms with Gasteiger partial charge in [-0.3, -0.25) is 14.9 Å². The van der Waals surface area contributed by atoms with Gasteiger partial charge in [0.05, 0.1) is 11.4 Å². The third-order valence-electron chi connectivity index (χ3n) is 10.2. The number of para-hydroxylation sites is 2. The van der Waals surface area contributed by atoms with Gasteiger partial charge in [-0.05, 0) is 104 Å². The molecule has 0 saturated heterocycles. The number of benzene rings is 7.